The van der Waals surface area contributed by atoms with Crippen LogP contribution in [0.3, 0.4) is 0 Å². The number of benzene rings is 1. The molecule has 0 aromatic heterocycles. The summed E-state index contributed by atoms with van der Waals surface area (Å²) in [5.41, 5.74) is -0.888. The van der Waals surface area contributed by atoms with Gasteiger partial charge in [0.05, 0.1) is 28.1 Å². The molecule has 1 aromatic rings. The van der Waals surface area contributed by atoms with E-state index in [-0.39, 0.29) is 42.0 Å². The van der Waals surface area contributed by atoms with Crippen molar-refractivity contribution in [3.05, 3.63) is 62.5 Å². The Morgan fingerprint density at radius 3 is 2.17 bits per heavy atom. The lowest BCUT2D eigenvalue weighted by molar-refractivity contribution is -0.385. The number of hydrogen-bond acceptors (Lipinski definition) is 6. The highest BCUT2D eigenvalue weighted by molar-refractivity contribution is 6.00. The molecule has 0 unspecified atom stereocenters. The number of methoxy groups -OCH3 is 1. The fourth-order valence-corrected chi connectivity index (χ4v) is 4.40. The maximum absolute atomic E-state index is 12.5. The molecule has 0 aliphatic carbocycles. The van der Waals surface area contributed by atoms with Gasteiger partial charge in [0, 0.05) is 37.2 Å². The number of ether oxygens (including phenoxy) is 1. The molecule has 0 radical (unpaired) electrons. The van der Waals surface area contributed by atoms with Crippen LogP contribution in [0.2, 0.25) is 0 Å². The number of rotatable bonds is 9. The smallest absolute Gasteiger partial charge is 0.334 e. The fourth-order valence-electron chi connectivity index (χ4n) is 4.40. The largest absolute Gasteiger partial charge is 0.478 e. The van der Waals surface area contributed by atoms with Crippen LogP contribution in [0, 0.1) is 10.1 Å². The fraction of sp³-hybridized carbons (Fsp3) is 0.429. The second-order valence-electron chi connectivity index (χ2n) is 7.14. The Morgan fingerprint density at radius 1 is 1.17 bits per heavy atom. The Balaban J connectivity index is 2.97. The monoisotopic (exact) mass is 418 g/mol. The van der Waals surface area contributed by atoms with Gasteiger partial charge in [0.15, 0.2) is 0 Å². The summed E-state index contributed by atoms with van der Waals surface area (Å²) in [6.07, 6.45) is 0.638. The Hall–Kier alpha value is -3.20. The van der Waals surface area contributed by atoms with Crippen LogP contribution in [0.25, 0.3) is 0 Å². The SMILES string of the molecule is CCCC1(c2cccc([N+](=O)[O-])c2)C(C(=O)O)=C(C)N(CCOC)C(C)=C1C(=O)O. The van der Waals surface area contributed by atoms with Crippen LogP contribution in [-0.2, 0) is 19.7 Å². The van der Waals surface area contributed by atoms with Crippen molar-refractivity contribution < 1.29 is 29.5 Å². The molecule has 0 saturated heterocycles. The van der Waals surface area contributed by atoms with Crippen molar-refractivity contribution in [1.82, 2.24) is 4.90 Å². The normalized spacial score (nSPS) is 16.1. The topological polar surface area (TPSA) is 130 Å². The first-order chi connectivity index (χ1) is 14.1. The average molecular weight is 418 g/mol. The molecule has 1 aromatic carbocycles. The van der Waals surface area contributed by atoms with Crippen LogP contribution in [0.5, 0.6) is 0 Å². The number of carboxylic acid groups (broad SMARTS) is 2. The molecule has 30 heavy (non-hydrogen) atoms. The lowest BCUT2D eigenvalue weighted by atomic mass is 9.63. The van der Waals surface area contributed by atoms with Gasteiger partial charge in [-0.1, -0.05) is 25.5 Å². The van der Waals surface area contributed by atoms with Crippen molar-refractivity contribution in [1.29, 1.82) is 0 Å². The van der Waals surface area contributed by atoms with Gasteiger partial charge in [0.25, 0.3) is 5.69 Å². The molecule has 1 aliphatic rings. The number of carbonyl (C=O) groups is 2. The van der Waals surface area contributed by atoms with E-state index in [2.05, 4.69) is 0 Å². The number of nitro benzene ring substituents is 1. The second-order valence-corrected chi connectivity index (χ2v) is 7.14. The van der Waals surface area contributed by atoms with Gasteiger partial charge in [-0.3, -0.25) is 10.1 Å². The Morgan fingerprint density at radius 2 is 1.73 bits per heavy atom. The van der Waals surface area contributed by atoms with Crippen molar-refractivity contribution in [2.24, 2.45) is 0 Å². The van der Waals surface area contributed by atoms with E-state index in [4.69, 9.17) is 4.74 Å². The zero-order valence-corrected chi connectivity index (χ0v) is 17.5. The van der Waals surface area contributed by atoms with Crippen molar-refractivity contribution in [2.75, 3.05) is 20.3 Å². The summed E-state index contributed by atoms with van der Waals surface area (Å²) >= 11 is 0. The zero-order valence-electron chi connectivity index (χ0n) is 17.5. The van der Waals surface area contributed by atoms with Crippen molar-refractivity contribution in [3.63, 3.8) is 0 Å². The molecular weight excluding hydrogens is 392 g/mol. The molecule has 9 nitrogen and oxygen atoms in total. The minimum absolute atomic E-state index is 0.0936. The molecule has 0 amide bonds. The minimum Gasteiger partial charge on any atom is -0.478 e. The van der Waals surface area contributed by atoms with E-state index in [0.29, 0.717) is 17.8 Å². The van der Waals surface area contributed by atoms with Gasteiger partial charge in [-0.25, -0.2) is 9.59 Å². The Bertz CT molecular complexity index is 895. The van der Waals surface area contributed by atoms with E-state index in [1.54, 1.807) is 24.8 Å². The number of hydrogen-bond donors (Lipinski definition) is 2. The third-order valence-electron chi connectivity index (χ3n) is 5.51. The van der Waals surface area contributed by atoms with Gasteiger partial charge in [-0.05, 0) is 25.8 Å². The van der Waals surface area contributed by atoms with Gasteiger partial charge in [-0.2, -0.15) is 0 Å². The van der Waals surface area contributed by atoms with Crippen molar-refractivity contribution in [2.45, 2.75) is 39.0 Å². The maximum atomic E-state index is 12.5. The molecule has 0 bridgehead atoms. The number of nitro groups is 1. The van der Waals surface area contributed by atoms with Crippen molar-refractivity contribution in [3.8, 4) is 0 Å². The first-order valence-corrected chi connectivity index (χ1v) is 9.54. The summed E-state index contributed by atoms with van der Waals surface area (Å²) in [4.78, 5) is 37.4. The highest BCUT2D eigenvalue weighted by Crippen LogP contribution is 2.50. The van der Waals surface area contributed by atoms with E-state index in [1.807, 2.05) is 6.92 Å². The molecule has 1 heterocycles. The number of aliphatic carboxylic acids is 2. The first-order valence-electron chi connectivity index (χ1n) is 9.54. The molecule has 2 N–H and O–H groups in total. The summed E-state index contributed by atoms with van der Waals surface area (Å²) in [7, 11) is 1.50. The van der Waals surface area contributed by atoms with E-state index >= 15 is 0 Å². The zero-order chi connectivity index (χ0) is 22.6. The summed E-state index contributed by atoms with van der Waals surface area (Å²) < 4.78 is 5.10. The molecule has 0 spiro atoms. The summed E-state index contributed by atoms with van der Waals surface area (Å²) in [5, 5.41) is 31.7. The van der Waals surface area contributed by atoms with Crippen LogP contribution >= 0.6 is 0 Å². The maximum Gasteiger partial charge on any atom is 0.334 e. The van der Waals surface area contributed by atoms with Crippen LogP contribution in [0.1, 0.15) is 39.2 Å². The quantitative estimate of drug-likeness (QED) is 0.461. The third kappa shape index (κ3) is 3.80. The molecular formula is C21H26N2O7. The van der Waals surface area contributed by atoms with E-state index in [9.17, 15) is 29.9 Å². The third-order valence-corrected chi connectivity index (χ3v) is 5.51. The molecule has 9 heteroatoms. The highest BCUT2D eigenvalue weighted by Gasteiger charge is 2.51. The van der Waals surface area contributed by atoms with Gasteiger partial charge in [0.1, 0.15) is 0 Å². The molecule has 0 fully saturated rings. The Labute approximate surface area is 174 Å². The summed E-state index contributed by atoms with van der Waals surface area (Å²) in [6, 6.07) is 5.57. The number of allylic oxidation sites excluding steroid dienone is 2. The first kappa shape index (κ1) is 23.1. The van der Waals surface area contributed by atoms with Gasteiger partial charge in [0.2, 0.25) is 0 Å². The number of non-ortho nitro benzene ring substituents is 1. The molecule has 1 aliphatic heterocycles. The van der Waals surface area contributed by atoms with Gasteiger partial charge < -0.3 is 19.8 Å². The molecule has 0 atom stereocenters. The average Bonchev–Trinajstić information content (AvgIpc) is 2.67. The minimum atomic E-state index is -1.53. The lowest BCUT2D eigenvalue weighted by Gasteiger charge is -2.45. The van der Waals surface area contributed by atoms with E-state index in [0.717, 1.165) is 0 Å². The Kier molecular flexibility index (Phi) is 6.99. The highest BCUT2D eigenvalue weighted by atomic mass is 16.6. The van der Waals surface area contributed by atoms with Gasteiger partial charge >= 0.3 is 11.9 Å². The summed E-state index contributed by atoms with van der Waals surface area (Å²) in [6.45, 7) is 5.62. The van der Waals surface area contributed by atoms with Crippen LogP contribution < -0.4 is 0 Å². The van der Waals surface area contributed by atoms with Gasteiger partial charge in [-0.15, -0.1) is 0 Å². The lowest BCUT2D eigenvalue weighted by Crippen LogP contribution is -2.46. The van der Waals surface area contributed by atoms with E-state index in [1.165, 1.54) is 25.3 Å². The second kappa shape index (κ2) is 9.08. The van der Waals surface area contributed by atoms with Crippen LogP contribution in [0.15, 0.2) is 46.8 Å². The predicted molar refractivity (Wildman–Crippen MR) is 109 cm³/mol. The summed E-state index contributed by atoms with van der Waals surface area (Å²) in [5.74, 6) is -2.53. The van der Waals surface area contributed by atoms with E-state index < -0.39 is 22.3 Å². The molecule has 162 valence electrons. The van der Waals surface area contributed by atoms with Crippen molar-refractivity contribution >= 4 is 17.6 Å². The van der Waals surface area contributed by atoms with Crippen LogP contribution in [0.4, 0.5) is 5.69 Å². The predicted octanol–water partition coefficient (Wildman–Crippen LogP) is 3.31. The number of carboxylic acids is 2. The standard InChI is InChI=1S/C21H26N2O7/c1-5-9-21(15-7-6-8-16(12-15)23(28)29)17(19(24)25)13(2)22(10-11-30-4)14(3)18(21)20(26)27/h6-8,12H,5,9-11H2,1-4H3,(H,24,25)(H,26,27). The van der Waals surface area contributed by atoms with Crippen LogP contribution in [-0.4, -0.2) is 52.2 Å². The molecule has 2 rings (SSSR count). The number of nitrogens with zero attached hydrogens (tertiary/aromatic N) is 2. The molecule has 0 saturated carbocycles.